The van der Waals surface area contributed by atoms with Crippen molar-refractivity contribution in [1.82, 2.24) is 9.78 Å². The van der Waals surface area contributed by atoms with Gasteiger partial charge in [0.15, 0.2) is 0 Å². The van der Waals surface area contributed by atoms with Crippen LogP contribution in [-0.2, 0) is 16.1 Å². The fourth-order valence-electron chi connectivity index (χ4n) is 2.67. The van der Waals surface area contributed by atoms with E-state index in [0.29, 0.717) is 32.0 Å². The third-order valence-corrected chi connectivity index (χ3v) is 3.86. The number of benzene rings is 2. The van der Waals surface area contributed by atoms with Gasteiger partial charge in [0, 0.05) is 12.7 Å². The maximum Gasteiger partial charge on any atom is 0.227 e. The predicted octanol–water partition coefficient (Wildman–Crippen LogP) is 3.45. The summed E-state index contributed by atoms with van der Waals surface area (Å²) in [6, 6.07) is 16.3. The number of ether oxygens (including phenoxy) is 1. The van der Waals surface area contributed by atoms with Crippen LogP contribution in [0.1, 0.15) is 18.9 Å². The van der Waals surface area contributed by atoms with E-state index in [-0.39, 0.29) is 5.91 Å². The van der Waals surface area contributed by atoms with Crippen molar-refractivity contribution in [3.63, 3.8) is 0 Å². The predicted molar refractivity (Wildman–Crippen MR) is 95.0 cm³/mol. The summed E-state index contributed by atoms with van der Waals surface area (Å²) in [4.78, 5) is 12.0. The average Bonchev–Trinajstić information content (AvgIpc) is 3.02. The number of carbonyl (C=O) groups excluding carboxylic acids is 1. The van der Waals surface area contributed by atoms with Crippen molar-refractivity contribution in [2.75, 3.05) is 18.5 Å². The van der Waals surface area contributed by atoms with Gasteiger partial charge < -0.3 is 10.1 Å². The minimum atomic E-state index is -0.0666. The van der Waals surface area contributed by atoms with Gasteiger partial charge in [0.2, 0.25) is 5.91 Å². The minimum Gasteiger partial charge on any atom is -0.381 e. The fourth-order valence-corrected chi connectivity index (χ4v) is 2.67. The van der Waals surface area contributed by atoms with E-state index in [1.807, 2.05) is 31.2 Å². The molecule has 1 aromatic heterocycles. The molecule has 0 bridgehead atoms. The number of carbonyl (C=O) groups is 1. The molecule has 0 saturated heterocycles. The highest BCUT2D eigenvalue weighted by Gasteiger charge is 2.09. The lowest BCUT2D eigenvalue weighted by atomic mass is 10.0. The highest BCUT2D eigenvalue weighted by Crippen LogP contribution is 2.20. The van der Waals surface area contributed by atoms with Crippen molar-refractivity contribution in [1.29, 1.82) is 0 Å². The summed E-state index contributed by atoms with van der Waals surface area (Å²) in [6.45, 7) is 3.57. The molecule has 0 saturated carbocycles. The van der Waals surface area contributed by atoms with Crippen LogP contribution in [0, 0.1) is 0 Å². The summed E-state index contributed by atoms with van der Waals surface area (Å²) < 4.78 is 7.02. The number of fused-ring (bicyclic) bond motifs is 1. The molecule has 0 unspecified atom stereocenters. The molecule has 3 aromatic rings. The number of amides is 1. The number of anilines is 1. The lowest BCUT2D eigenvalue weighted by Gasteiger charge is -2.11. The van der Waals surface area contributed by atoms with Crippen LogP contribution < -0.4 is 5.32 Å². The van der Waals surface area contributed by atoms with E-state index in [0.717, 1.165) is 0 Å². The van der Waals surface area contributed by atoms with E-state index in [2.05, 4.69) is 34.7 Å². The van der Waals surface area contributed by atoms with Crippen LogP contribution in [0.4, 0.5) is 5.82 Å². The van der Waals surface area contributed by atoms with E-state index in [9.17, 15) is 4.79 Å². The van der Waals surface area contributed by atoms with E-state index in [1.54, 1.807) is 10.9 Å². The van der Waals surface area contributed by atoms with Crippen LogP contribution in [-0.4, -0.2) is 28.9 Å². The van der Waals surface area contributed by atoms with Crippen molar-refractivity contribution >= 4 is 22.5 Å². The zero-order chi connectivity index (χ0) is 16.8. The first kappa shape index (κ1) is 16.2. The maximum absolute atomic E-state index is 12.0. The van der Waals surface area contributed by atoms with Crippen LogP contribution in [0.2, 0.25) is 0 Å². The summed E-state index contributed by atoms with van der Waals surface area (Å²) >= 11 is 0. The monoisotopic (exact) mass is 323 g/mol. The largest absolute Gasteiger partial charge is 0.381 e. The second kappa shape index (κ2) is 7.75. The Morgan fingerprint density at radius 2 is 2.00 bits per heavy atom. The van der Waals surface area contributed by atoms with Gasteiger partial charge in [-0.05, 0) is 23.3 Å². The molecule has 5 nitrogen and oxygen atoms in total. The fraction of sp³-hybridized carbons (Fsp3) is 0.263. The highest BCUT2D eigenvalue weighted by atomic mass is 16.5. The SMILES string of the molecule is CCOCCC(=O)Nc1ccnn1Cc1cccc2ccccc12. The summed E-state index contributed by atoms with van der Waals surface area (Å²) in [6.07, 6.45) is 2.04. The first-order chi connectivity index (χ1) is 11.8. The molecule has 0 radical (unpaired) electrons. The van der Waals surface area contributed by atoms with Gasteiger partial charge in [-0.2, -0.15) is 5.10 Å². The molecule has 0 fully saturated rings. The molecule has 3 rings (SSSR count). The topological polar surface area (TPSA) is 56.1 Å². The molecule has 0 spiro atoms. The quantitative estimate of drug-likeness (QED) is 0.678. The molecular weight excluding hydrogens is 302 g/mol. The molecule has 2 aromatic carbocycles. The molecule has 124 valence electrons. The Bertz CT molecular complexity index is 821. The van der Waals surface area contributed by atoms with Gasteiger partial charge in [0.25, 0.3) is 0 Å². The van der Waals surface area contributed by atoms with Crippen molar-refractivity contribution in [3.05, 3.63) is 60.3 Å². The van der Waals surface area contributed by atoms with Crippen molar-refractivity contribution in [2.24, 2.45) is 0 Å². The first-order valence-corrected chi connectivity index (χ1v) is 8.14. The van der Waals surface area contributed by atoms with Crippen LogP contribution in [0.3, 0.4) is 0 Å². The van der Waals surface area contributed by atoms with E-state index >= 15 is 0 Å². The van der Waals surface area contributed by atoms with Gasteiger partial charge in [0.05, 0.1) is 25.8 Å². The van der Waals surface area contributed by atoms with Crippen LogP contribution in [0.15, 0.2) is 54.7 Å². The maximum atomic E-state index is 12.0. The van der Waals surface area contributed by atoms with Gasteiger partial charge in [0.1, 0.15) is 5.82 Å². The highest BCUT2D eigenvalue weighted by molar-refractivity contribution is 5.90. The summed E-state index contributed by atoms with van der Waals surface area (Å²) in [5.41, 5.74) is 1.17. The third kappa shape index (κ3) is 3.81. The van der Waals surface area contributed by atoms with Gasteiger partial charge in [-0.15, -0.1) is 0 Å². The van der Waals surface area contributed by atoms with Crippen molar-refractivity contribution in [2.45, 2.75) is 19.9 Å². The lowest BCUT2D eigenvalue weighted by molar-refractivity contribution is -0.117. The Kier molecular flexibility index (Phi) is 5.23. The van der Waals surface area contributed by atoms with E-state index in [1.165, 1.54) is 16.3 Å². The van der Waals surface area contributed by atoms with Crippen molar-refractivity contribution in [3.8, 4) is 0 Å². The average molecular weight is 323 g/mol. The smallest absolute Gasteiger partial charge is 0.227 e. The van der Waals surface area contributed by atoms with Gasteiger partial charge in [-0.25, -0.2) is 4.68 Å². The Labute approximate surface area is 141 Å². The van der Waals surface area contributed by atoms with Crippen LogP contribution in [0.5, 0.6) is 0 Å². The van der Waals surface area contributed by atoms with Gasteiger partial charge in [-0.1, -0.05) is 42.5 Å². The molecule has 1 N–H and O–H groups in total. The Morgan fingerprint density at radius 1 is 1.17 bits per heavy atom. The van der Waals surface area contributed by atoms with E-state index in [4.69, 9.17) is 4.74 Å². The van der Waals surface area contributed by atoms with Crippen molar-refractivity contribution < 1.29 is 9.53 Å². The van der Waals surface area contributed by atoms with E-state index < -0.39 is 0 Å². The number of hydrogen-bond donors (Lipinski definition) is 1. The number of rotatable bonds is 7. The second-order valence-corrected chi connectivity index (χ2v) is 5.51. The Hall–Kier alpha value is -2.66. The summed E-state index contributed by atoms with van der Waals surface area (Å²) in [7, 11) is 0. The number of aromatic nitrogens is 2. The summed E-state index contributed by atoms with van der Waals surface area (Å²) in [5.74, 6) is 0.632. The second-order valence-electron chi connectivity index (χ2n) is 5.51. The lowest BCUT2D eigenvalue weighted by Crippen LogP contribution is -2.17. The number of hydrogen-bond acceptors (Lipinski definition) is 3. The molecule has 1 amide bonds. The Morgan fingerprint density at radius 3 is 2.88 bits per heavy atom. The number of nitrogens with one attached hydrogen (secondary N) is 1. The molecule has 0 aliphatic carbocycles. The van der Waals surface area contributed by atoms with Gasteiger partial charge >= 0.3 is 0 Å². The zero-order valence-electron chi connectivity index (χ0n) is 13.7. The molecule has 5 heteroatoms. The Balaban J connectivity index is 1.74. The normalized spacial score (nSPS) is 10.9. The third-order valence-electron chi connectivity index (χ3n) is 3.86. The van der Waals surface area contributed by atoms with Crippen LogP contribution in [0.25, 0.3) is 10.8 Å². The zero-order valence-corrected chi connectivity index (χ0v) is 13.7. The minimum absolute atomic E-state index is 0.0666. The molecule has 0 aliphatic heterocycles. The van der Waals surface area contributed by atoms with Gasteiger partial charge in [-0.3, -0.25) is 4.79 Å². The molecule has 0 aliphatic rings. The molecule has 1 heterocycles. The number of nitrogens with zero attached hydrogens (tertiary/aromatic N) is 2. The first-order valence-electron chi connectivity index (χ1n) is 8.14. The van der Waals surface area contributed by atoms with Crippen LogP contribution >= 0.6 is 0 Å². The molecular formula is C19H21N3O2. The molecule has 24 heavy (non-hydrogen) atoms. The summed E-state index contributed by atoms with van der Waals surface area (Å²) in [5, 5.41) is 9.63. The standard InChI is InChI=1S/C19H21N3O2/c1-2-24-13-11-19(23)21-18-10-12-20-22(18)14-16-8-5-7-15-6-3-4-9-17(15)16/h3-10,12H,2,11,13-14H2,1H3,(H,21,23). The molecule has 0 atom stereocenters.